The number of anilines is 1. The molecule has 0 aliphatic heterocycles. The van der Waals surface area contributed by atoms with E-state index in [2.05, 4.69) is 11.6 Å². The average Bonchev–Trinajstić information content (AvgIpc) is 2.66. The van der Waals surface area contributed by atoms with E-state index in [1.165, 1.54) is 12.1 Å². The lowest BCUT2D eigenvalue weighted by atomic mass is 10.2. The largest absolute Gasteiger partial charge is 0.494 e. The van der Waals surface area contributed by atoms with E-state index in [4.69, 9.17) is 4.74 Å². The highest BCUT2D eigenvalue weighted by Gasteiger charge is 2.15. The van der Waals surface area contributed by atoms with E-state index < -0.39 is 10.0 Å². The molecule has 0 bridgehead atoms. The summed E-state index contributed by atoms with van der Waals surface area (Å²) in [5.41, 5.74) is 0.925. The van der Waals surface area contributed by atoms with Crippen LogP contribution in [0.1, 0.15) is 37.0 Å². The lowest BCUT2D eigenvalue weighted by Crippen LogP contribution is -2.27. The number of hydrogen-bond acceptors (Lipinski definition) is 4. The van der Waals surface area contributed by atoms with Crippen molar-refractivity contribution in [2.45, 2.75) is 31.6 Å². The summed E-state index contributed by atoms with van der Waals surface area (Å²) in [4.78, 5) is 14.1. The van der Waals surface area contributed by atoms with E-state index in [-0.39, 0.29) is 10.8 Å². The Balaban J connectivity index is 2.07. The number of ether oxygens (including phenoxy) is 1. The fourth-order valence-electron chi connectivity index (χ4n) is 2.49. The highest BCUT2D eigenvalue weighted by Crippen LogP contribution is 2.20. The molecule has 0 atom stereocenters. The van der Waals surface area contributed by atoms with Crippen LogP contribution in [0.25, 0.3) is 0 Å². The van der Waals surface area contributed by atoms with E-state index in [9.17, 15) is 13.2 Å². The summed E-state index contributed by atoms with van der Waals surface area (Å²) in [7, 11) is -1.94. The van der Waals surface area contributed by atoms with Crippen molar-refractivity contribution in [2.75, 3.05) is 24.9 Å². The molecule has 1 amide bonds. The Bertz CT molecular complexity index is 847. The summed E-state index contributed by atoms with van der Waals surface area (Å²) in [5.74, 6) is 0.538. The fourth-order valence-corrected chi connectivity index (χ4v) is 3.55. The number of carbonyl (C=O) groups is 1. The second kappa shape index (κ2) is 9.41. The molecule has 2 aromatic rings. The van der Waals surface area contributed by atoms with Crippen molar-refractivity contribution in [1.82, 2.24) is 4.90 Å². The molecule has 0 saturated carbocycles. The molecule has 0 unspecified atom stereocenters. The Morgan fingerprint density at radius 3 is 2.22 bits per heavy atom. The predicted molar refractivity (Wildman–Crippen MR) is 107 cm³/mol. The highest BCUT2D eigenvalue weighted by atomic mass is 32.2. The first-order valence-corrected chi connectivity index (χ1v) is 10.5. The molecule has 0 radical (unpaired) electrons. The van der Waals surface area contributed by atoms with Crippen LogP contribution in [0.3, 0.4) is 0 Å². The van der Waals surface area contributed by atoms with Crippen molar-refractivity contribution < 1.29 is 17.9 Å². The fraction of sp³-hybridized carbons (Fsp3) is 0.350. The summed E-state index contributed by atoms with van der Waals surface area (Å²) in [6, 6.07) is 12.7. The van der Waals surface area contributed by atoms with E-state index in [0.717, 1.165) is 12.8 Å². The van der Waals surface area contributed by atoms with Crippen LogP contribution < -0.4 is 9.46 Å². The second-order valence-electron chi connectivity index (χ2n) is 6.17. The number of carbonyl (C=O) groups excluding carboxylic acids is 1. The predicted octanol–water partition coefficient (Wildman–Crippen LogP) is 3.76. The maximum atomic E-state index is 12.5. The van der Waals surface area contributed by atoms with Crippen molar-refractivity contribution in [3.63, 3.8) is 0 Å². The zero-order valence-corrected chi connectivity index (χ0v) is 16.8. The molecule has 0 fully saturated rings. The number of rotatable bonds is 9. The lowest BCUT2D eigenvalue weighted by Gasteiger charge is -2.17. The maximum Gasteiger partial charge on any atom is 0.261 e. The summed E-state index contributed by atoms with van der Waals surface area (Å²) < 4.78 is 32.8. The van der Waals surface area contributed by atoms with Crippen LogP contribution in [-0.2, 0) is 10.0 Å². The van der Waals surface area contributed by atoms with Gasteiger partial charge in [-0.2, -0.15) is 0 Å². The third-order valence-electron chi connectivity index (χ3n) is 4.02. The van der Waals surface area contributed by atoms with Crippen molar-refractivity contribution in [1.29, 1.82) is 0 Å². The Morgan fingerprint density at radius 2 is 1.67 bits per heavy atom. The Labute approximate surface area is 161 Å². The molecule has 6 nitrogen and oxygen atoms in total. The minimum atomic E-state index is -3.71. The van der Waals surface area contributed by atoms with Crippen LogP contribution in [0.2, 0.25) is 0 Å². The third kappa shape index (κ3) is 5.72. The minimum Gasteiger partial charge on any atom is -0.494 e. The summed E-state index contributed by atoms with van der Waals surface area (Å²) in [6.07, 6.45) is 1.96. The third-order valence-corrected chi connectivity index (χ3v) is 5.42. The zero-order valence-electron chi connectivity index (χ0n) is 15.9. The highest BCUT2D eigenvalue weighted by molar-refractivity contribution is 7.92. The van der Waals surface area contributed by atoms with Crippen molar-refractivity contribution in [3.05, 3.63) is 54.1 Å². The quantitative estimate of drug-likeness (QED) is 0.707. The first-order valence-electron chi connectivity index (χ1n) is 8.98. The zero-order chi connectivity index (χ0) is 19.9. The molecule has 0 heterocycles. The van der Waals surface area contributed by atoms with Gasteiger partial charge < -0.3 is 9.64 Å². The summed E-state index contributed by atoms with van der Waals surface area (Å²) in [5, 5.41) is 0. The van der Waals surface area contributed by atoms with Crippen LogP contribution in [-0.4, -0.2) is 39.4 Å². The summed E-state index contributed by atoms with van der Waals surface area (Å²) in [6.45, 7) is 5.15. The lowest BCUT2D eigenvalue weighted by molar-refractivity contribution is 0.0793. The molecule has 146 valence electrons. The molecule has 27 heavy (non-hydrogen) atoms. The monoisotopic (exact) mass is 390 g/mol. The van der Waals surface area contributed by atoms with Crippen LogP contribution in [0, 0.1) is 0 Å². The first-order chi connectivity index (χ1) is 12.9. The van der Waals surface area contributed by atoms with Gasteiger partial charge >= 0.3 is 0 Å². The average molecular weight is 391 g/mol. The number of nitrogens with zero attached hydrogens (tertiary/aromatic N) is 1. The maximum absolute atomic E-state index is 12.5. The van der Waals surface area contributed by atoms with Gasteiger partial charge in [-0.25, -0.2) is 8.42 Å². The van der Waals surface area contributed by atoms with Gasteiger partial charge in [0, 0.05) is 24.8 Å². The number of nitrogens with one attached hydrogen (secondary N) is 1. The van der Waals surface area contributed by atoms with E-state index in [0.29, 0.717) is 30.2 Å². The molecule has 7 heteroatoms. The van der Waals surface area contributed by atoms with Gasteiger partial charge in [-0.1, -0.05) is 13.3 Å². The Kier molecular flexibility index (Phi) is 7.24. The van der Waals surface area contributed by atoms with Crippen LogP contribution in [0.4, 0.5) is 5.69 Å². The van der Waals surface area contributed by atoms with E-state index >= 15 is 0 Å². The van der Waals surface area contributed by atoms with Crippen molar-refractivity contribution >= 4 is 21.6 Å². The molecular weight excluding hydrogens is 364 g/mol. The molecule has 0 spiro atoms. The number of benzene rings is 2. The van der Waals surface area contributed by atoms with Gasteiger partial charge in [-0.3, -0.25) is 9.52 Å². The summed E-state index contributed by atoms with van der Waals surface area (Å²) >= 11 is 0. The van der Waals surface area contributed by atoms with Crippen LogP contribution >= 0.6 is 0 Å². The first kappa shape index (κ1) is 20.8. The van der Waals surface area contributed by atoms with E-state index in [1.807, 2.05) is 6.92 Å². The molecule has 2 aromatic carbocycles. The molecule has 1 N–H and O–H groups in total. The van der Waals surface area contributed by atoms with Gasteiger partial charge in [0.2, 0.25) is 0 Å². The molecule has 2 rings (SSSR count). The number of hydrogen-bond donors (Lipinski definition) is 1. The molecular formula is C20H26N2O4S. The number of sulfonamides is 1. The smallest absolute Gasteiger partial charge is 0.261 e. The van der Waals surface area contributed by atoms with Crippen molar-refractivity contribution in [3.8, 4) is 5.75 Å². The van der Waals surface area contributed by atoms with Gasteiger partial charge in [-0.15, -0.1) is 0 Å². The normalized spacial score (nSPS) is 11.1. The number of amides is 1. The van der Waals surface area contributed by atoms with Crippen molar-refractivity contribution in [2.24, 2.45) is 0 Å². The standard InChI is InChI=1S/C20H26N2O4S/c1-4-6-15-22(3)20(23)16-7-9-17(10-8-16)21-27(24,25)19-13-11-18(12-14-19)26-5-2/h7-14,21H,4-6,15H2,1-3H3. The van der Waals surface area contributed by atoms with Gasteiger partial charge in [-0.05, 0) is 61.9 Å². The van der Waals surface area contributed by atoms with Gasteiger partial charge in [0.15, 0.2) is 0 Å². The molecule has 0 saturated heterocycles. The second-order valence-corrected chi connectivity index (χ2v) is 7.85. The number of unbranched alkanes of at least 4 members (excludes halogenated alkanes) is 1. The van der Waals surface area contributed by atoms with Gasteiger partial charge in [0.05, 0.1) is 11.5 Å². The molecule has 0 aliphatic rings. The Morgan fingerprint density at radius 1 is 1.04 bits per heavy atom. The minimum absolute atomic E-state index is 0.0793. The van der Waals surface area contributed by atoms with Gasteiger partial charge in [0.1, 0.15) is 5.75 Å². The topological polar surface area (TPSA) is 75.7 Å². The van der Waals surface area contributed by atoms with Crippen LogP contribution in [0.15, 0.2) is 53.4 Å². The van der Waals surface area contributed by atoms with Gasteiger partial charge in [0.25, 0.3) is 15.9 Å². The molecule has 0 aromatic heterocycles. The van der Waals surface area contributed by atoms with E-state index in [1.54, 1.807) is 48.3 Å². The Hall–Kier alpha value is -2.54. The SMILES string of the molecule is CCCCN(C)C(=O)c1ccc(NS(=O)(=O)c2ccc(OCC)cc2)cc1. The van der Waals surface area contributed by atoms with Crippen LogP contribution in [0.5, 0.6) is 5.75 Å². The molecule has 0 aliphatic carbocycles.